The third-order valence-electron chi connectivity index (χ3n) is 3.94. The van der Waals surface area contributed by atoms with Gasteiger partial charge in [-0.2, -0.15) is 0 Å². The quantitative estimate of drug-likeness (QED) is 0.379. The van der Waals surface area contributed by atoms with Gasteiger partial charge in [0.15, 0.2) is 0 Å². The normalized spacial score (nSPS) is 10.6. The Balaban J connectivity index is 1.43. The lowest BCUT2D eigenvalue weighted by Crippen LogP contribution is -2.41. The molecule has 0 fully saturated rings. The molecule has 0 aliphatic rings. The fraction of sp³-hybridized carbons (Fsp3) is 0. The van der Waals surface area contributed by atoms with Crippen molar-refractivity contribution in [2.24, 2.45) is 0 Å². The molecular weight excluding hydrogens is 412 g/mol. The average molecular weight is 424 g/mol. The molecule has 0 spiro atoms. The van der Waals surface area contributed by atoms with Gasteiger partial charge in [-0.05, 0) is 30.3 Å². The lowest BCUT2D eigenvalue weighted by Gasteiger charge is -2.06. The van der Waals surface area contributed by atoms with Gasteiger partial charge in [-0.25, -0.2) is 4.98 Å². The van der Waals surface area contributed by atoms with E-state index >= 15 is 0 Å². The summed E-state index contributed by atoms with van der Waals surface area (Å²) in [5.41, 5.74) is 5.35. The van der Waals surface area contributed by atoms with Crippen LogP contribution in [0.3, 0.4) is 0 Å². The molecule has 10 heteroatoms. The van der Waals surface area contributed by atoms with Crippen LogP contribution in [0.5, 0.6) is 0 Å². The second-order valence-electron chi connectivity index (χ2n) is 5.87. The molecule has 144 valence electrons. The first-order valence-corrected chi connectivity index (χ1v) is 9.95. The van der Waals surface area contributed by atoms with Crippen molar-refractivity contribution in [2.75, 3.05) is 0 Å². The molecule has 0 aliphatic heterocycles. The standard InChI is InChI=1S/C19H12N4O4S2/c24-17(11-4-3-5-12(10-11)23(26)27)21-22-18(25)15-8-9-16(28-15)19-20-13-6-1-2-7-14(13)29-19/h1-10H,(H,21,24)(H,22,25). The predicted molar refractivity (Wildman–Crippen MR) is 111 cm³/mol. The maximum absolute atomic E-state index is 12.3. The second-order valence-corrected chi connectivity index (χ2v) is 7.98. The molecule has 4 aromatic rings. The topological polar surface area (TPSA) is 114 Å². The number of fused-ring (bicyclic) bond motifs is 1. The molecule has 0 unspecified atom stereocenters. The number of amides is 2. The number of rotatable bonds is 4. The van der Waals surface area contributed by atoms with Crippen LogP contribution in [0.2, 0.25) is 0 Å². The molecule has 0 atom stereocenters. The average Bonchev–Trinajstić information content (AvgIpc) is 3.38. The maximum atomic E-state index is 12.3. The molecular formula is C19H12N4O4S2. The highest BCUT2D eigenvalue weighted by molar-refractivity contribution is 7.26. The molecule has 2 heterocycles. The second kappa shape index (κ2) is 7.78. The van der Waals surface area contributed by atoms with Crippen LogP contribution in [0.25, 0.3) is 20.1 Å². The summed E-state index contributed by atoms with van der Waals surface area (Å²) < 4.78 is 1.06. The molecule has 0 saturated carbocycles. The van der Waals surface area contributed by atoms with E-state index in [0.717, 1.165) is 26.2 Å². The predicted octanol–water partition coefficient (Wildman–Crippen LogP) is 4.01. The molecule has 0 radical (unpaired) electrons. The Morgan fingerprint density at radius 2 is 1.72 bits per heavy atom. The largest absolute Gasteiger partial charge is 0.279 e. The SMILES string of the molecule is O=C(NNC(=O)c1ccc(-c2nc3ccccc3s2)s1)c1cccc([N+](=O)[O-])c1. The number of nitrogens with zero attached hydrogens (tertiary/aromatic N) is 2. The summed E-state index contributed by atoms with van der Waals surface area (Å²) >= 11 is 2.80. The molecule has 2 aromatic heterocycles. The molecule has 8 nitrogen and oxygen atoms in total. The van der Waals surface area contributed by atoms with E-state index in [0.29, 0.717) is 4.88 Å². The first-order valence-electron chi connectivity index (χ1n) is 8.32. The number of carbonyl (C=O) groups is 2. The van der Waals surface area contributed by atoms with Gasteiger partial charge in [-0.3, -0.25) is 30.6 Å². The Morgan fingerprint density at radius 1 is 0.931 bits per heavy atom. The zero-order valence-electron chi connectivity index (χ0n) is 14.6. The summed E-state index contributed by atoms with van der Waals surface area (Å²) in [6.07, 6.45) is 0. The number of hydrogen-bond donors (Lipinski definition) is 2. The van der Waals surface area contributed by atoms with Crippen molar-refractivity contribution >= 4 is 50.4 Å². The molecule has 0 bridgehead atoms. The van der Waals surface area contributed by atoms with Gasteiger partial charge in [0.25, 0.3) is 17.5 Å². The minimum atomic E-state index is -0.648. The van der Waals surface area contributed by atoms with Gasteiger partial charge in [-0.1, -0.05) is 18.2 Å². The van der Waals surface area contributed by atoms with Crippen molar-refractivity contribution < 1.29 is 14.5 Å². The number of carbonyl (C=O) groups excluding carboxylic acids is 2. The van der Waals surface area contributed by atoms with Gasteiger partial charge in [0.1, 0.15) is 5.01 Å². The van der Waals surface area contributed by atoms with Gasteiger partial charge in [-0.15, -0.1) is 22.7 Å². The zero-order valence-corrected chi connectivity index (χ0v) is 16.3. The number of nitrogens with one attached hydrogen (secondary N) is 2. The van der Waals surface area contributed by atoms with Crippen LogP contribution in [0, 0.1) is 10.1 Å². The molecule has 2 N–H and O–H groups in total. The van der Waals surface area contributed by atoms with E-state index in [9.17, 15) is 19.7 Å². The Kier molecular flexibility index (Phi) is 5.02. The van der Waals surface area contributed by atoms with Gasteiger partial charge < -0.3 is 0 Å². The van der Waals surface area contributed by atoms with Crippen molar-refractivity contribution in [3.05, 3.63) is 81.2 Å². The molecule has 4 rings (SSSR count). The Bertz CT molecular complexity index is 1210. The van der Waals surface area contributed by atoms with E-state index in [4.69, 9.17) is 0 Å². The smallest absolute Gasteiger partial charge is 0.267 e. The number of para-hydroxylation sites is 1. The first-order chi connectivity index (χ1) is 14.0. The lowest BCUT2D eigenvalue weighted by atomic mass is 10.2. The highest BCUT2D eigenvalue weighted by Crippen LogP contribution is 2.34. The minimum Gasteiger partial charge on any atom is -0.267 e. The summed E-state index contributed by atoms with van der Waals surface area (Å²) in [5, 5.41) is 11.6. The number of non-ortho nitro benzene ring substituents is 1. The first kappa shape index (κ1) is 18.7. The van der Waals surface area contributed by atoms with E-state index in [2.05, 4.69) is 15.8 Å². The Hall–Kier alpha value is -3.63. The van der Waals surface area contributed by atoms with Crippen LogP contribution < -0.4 is 10.9 Å². The van der Waals surface area contributed by atoms with Crippen molar-refractivity contribution in [2.45, 2.75) is 0 Å². The van der Waals surface area contributed by atoms with Gasteiger partial charge in [0, 0.05) is 17.7 Å². The number of hydrazine groups is 1. The number of benzene rings is 2. The van der Waals surface area contributed by atoms with E-state index in [1.54, 1.807) is 12.1 Å². The Morgan fingerprint density at radius 3 is 2.52 bits per heavy atom. The number of aromatic nitrogens is 1. The van der Waals surface area contributed by atoms with Crippen LogP contribution in [-0.2, 0) is 0 Å². The number of hydrogen-bond acceptors (Lipinski definition) is 7. The third-order valence-corrected chi connectivity index (χ3v) is 6.23. The Labute approximate surface area is 172 Å². The number of nitro benzene ring substituents is 1. The van der Waals surface area contributed by atoms with Crippen molar-refractivity contribution in [3.8, 4) is 9.88 Å². The minimum absolute atomic E-state index is 0.0702. The van der Waals surface area contributed by atoms with E-state index in [-0.39, 0.29) is 11.3 Å². The van der Waals surface area contributed by atoms with Crippen LogP contribution >= 0.6 is 22.7 Å². The maximum Gasteiger partial charge on any atom is 0.279 e. The summed E-state index contributed by atoms with van der Waals surface area (Å²) in [6, 6.07) is 16.5. The van der Waals surface area contributed by atoms with Crippen LogP contribution in [-0.4, -0.2) is 21.7 Å². The van der Waals surface area contributed by atoms with E-state index in [1.807, 2.05) is 24.3 Å². The molecule has 0 aliphatic carbocycles. The highest BCUT2D eigenvalue weighted by Gasteiger charge is 2.15. The molecule has 2 amide bonds. The summed E-state index contributed by atoms with van der Waals surface area (Å²) in [4.78, 5) is 40.5. The lowest BCUT2D eigenvalue weighted by molar-refractivity contribution is -0.384. The van der Waals surface area contributed by atoms with Crippen molar-refractivity contribution in [1.82, 2.24) is 15.8 Å². The monoisotopic (exact) mass is 424 g/mol. The van der Waals surface area contributed by atoms with E-state index in [1.165, 1.54) is 40.9 Å². The fourth-order valence-corrected chi connectivity index (χ4v) is 4.48. The van der Waals surface area contributed by atoms with Crippen LogP contribution in [0.1, 0.15) is 20.0 Å². The molecule has 0 saturated heterocycles. The van der Waals surface area contributed by atoms with Crippen molar-refractivity contribution in [1.29, 1.82) is 0 Å². The molecule has 29 heavy (non-hydrogen) atoms. The fourth-order valence-electron chi connectivity index (χ4n) is 2.56. The number of thiazole rings is 1. The summed E-state index contributed by atoms with van der Waals surface area (Å²) in [5.74, 6) is -1.13. The van der Waals surface area contributed by atoms with Gasteiger partial charge >= 0.3 is 0 Å². The van der Waals surface area contributed by atoms with E-state index < -0.39 is 16.7 Å². The van der Waals surface area contributed by atoms with Gasteiger partial charge in [0.2, 0.25) is 0 Å². The van der Waals surface area contributed by atoms with Crippen LogP contribution in [0.15, 0.2) is 60.7 Å². The summed E-state index contributed by atoms with van der Waals surface area (Å²) in [6.45, 7) is 0. The highest BCUT2D eigenvalue weighted by atomic mass is 32.1. The number of thiophene rings is 1. The van der Waals surface area contributed by atoms with Crippen LogP contribution in [0.4, 0.5) is 5.69 Å². The summed E-state index contributed by atoms with van der Waals surface area (Å²) in [7, 11) is 0. The van der Waals surface area contributed by atoms with Crippen molar-refractivity contribution in [3.63, 3.8) is 0 Å². The van der Waals surface area contributed by atoms with Gasteiger partial charge in [0.05, 0.1) is 24.9 Å². The molecule has 2 aromatic carbocycles. The number of nitro groups is 1. The zero-order chi connectivity index (χ0) is 20.4. The third kappa shape index (κ3) is 3.98.